The van der Waals surface area contributed by atoms with Gasteiger partial charge >= 0.3 is 0 Å². The van der Waals surface area contributed by atoms with Gasteiger partial charge in [0.1, 0.15) is 5.75 Å². The number of likely N-dealkylation sites (tertiary alicyclic amines) is 1. The number of benzene rings is 1. The average molecular weight is 389 g/mol. The number of hydrogen-bond donors (Lipinski definition) is 2. The molecule has 1 aromatic rings. The second-order valence-corrected chi connectivity index (χ2v) is 8.17. The Balaban J connectivity index is 1.47. The minimum absolute atomic E-state index is 0.0687. The van der Waals surface area contributed by atoms with Crippen LogP contribution in [0.2, 0.25) is 0 Å². The van der Waals surface area contributed by atoms with Gasteiger partial charge in [-0.3, -0.25) is 9.59 Å². The summed E-state index contributed by atoms with van der Waals surface area (Å²) in [6.45, 7) is 5.27. The summed E-state index contributed by atoms with van der Waals surface area (Å²) in [5.41, 5.74) is 0.743. The van der Waals surface area contributed by atoms with Gasteiger partial charge in [-0.15, -0.1) is 0 Å². The molecule has 0 spiro atoms. The number of hydrogen-bond acceptors (Lipinski definition) is 3. The molecule has 0 aromatic heterocycles. The Labute approximate surface area is 168 Å². The summed E-state index contributed by atoms with van der Waals surface area (Å²) >= 11 is 0. The highest BCUT2D eigenvalue weighted by Gasteiger charge is 2.33. The maximum absolute atomic E-state index is 12.8. The molecule has 1 unspecified atom stereocenters. The Morgan fingerprint density at radius 3 is 2.50 bits per heavy atom. The lowest BCUT2D eigenvalue weighted by Crippen LogP contribution is -3.14. The lowest BCUT2D eigenvalue weighted by molar-refractivity contribution is -0.882. The smallest absolute Gasteiger partial charge is 0.279 e. The molecule has 1 saturated carbocycles. The SMILES string of the molecule is CC[NH+](CC(=O)Nc1ccc(OC)cc1)CC(=O)N1CC[C@@H]2CCCC[C@@H]2C1. The first-order chi connectivity index (χ1) is 13.6. The molecule has 2 aliphatic rings. The van der Waals surface area contributed by atoms with Crippen molar-refractivity contribution in [1.29, 1.82) is 0 Å². The zero-order chi connectivity index (χ0) is 19.9. The summed E-state index contributed by atoms with van der Waals surface area (Å²) in [7, 11) is 1.61. The van der Waals surface area contributed by atoms with Gasteiger partial charge in [0, 0.05) is 18.8 Å². The number of ether oxygens (including phenoxy) is 1. The van der Waals surface area contributed by atoms with Crippen molar-refractivity contribution in [2.45, 2.75) is 39.0 Å². The third-order valence-corrected chi connectivity index (χ3v) is 6.33. The van der Waals surface area contributed by atoms with Crippen molar-refractivity contribution in [3.8, 4) is 5.75 Å². The summed E-state index contributed by atoms with van der Waals surface area (Å²) in [5.74, 6) is 2.39. The number of anilines is 1. The normalized spacial score (nSPS) is 22.9. The fourth-order valence-electron chi connectivity index (χ4n) is 4.57. The van der Waals surface area contributed by atoms with Gasteiger partial charge < -0.3 is 19.9 Å². The van der Waals surface area contributed by atoms with E-state index < -0.39 is 0 Å². The molecule has 6 nitrogen and oxygen atoms in total. The van der Waals surface area contributed by atoms with Gasteiger partial charge in [-0.25, -0.2) is 0 Å². The zero-order valence-corrected chi connectivity index (χ0v) is 17.2. The molecule has 2 N–H and O–H groups in total. The van der Waals surface area contributed by atoms with Crippen LogP contribution in [0.15, 0.2) is 24.3 Å². The highest BCUT2D eigenvalue weighted by molar-refractivity contribution is 5.91. The van der Waals surface area contributed by atoms with Gasteiger partial charge in [-0.05, 0) is 55.9 Å². The van der Waals surface area contributed by atoms with Gasteiger partial charge in [0.15, 0.2) is 13.1 Å². The predicted octanol–water partition coefficient (Wildman–Crippen LogP) is 1.58. The summed E-state index contributed by atoms with van der Waals surface area (Å²) in [5, 5.41) is 2.91. The molecule has 1 heterocycles. The highest BCUT2D eigenvalue weighted by atomic mass is 16.5. The highest BCUT2D eigenvalue weighted by Crippen LogP contribution is 2.35. The molecule has 0 radical (unpaired) electrons. The van der Waals surface area contributed by atoms with Crippen LogP contribution in [-0.2, 0) is 9.59 Å². The maximum atomic E-state index is 12.8. The fraction of sp³-hybridized carbons (Fsp3) is 0.636. The Morgan fingerprint density at radius 2 is 1.82 bits per heavy atom. The molecule has 2 amide bonds. The molecule has 1 aliphatic heterocycles. The van der Waals surface area contributed by atoms with Crippen molar-refractivity contribution in [1.82, 2.24) is 4.90 Å². The number of methoxy groups -OCH3 is 1. The largest absolute Gasteiger partial charge is 0.497 e. The van der Waals surface area contributed by atoms with Gasteiger partial charge in [0.25, 0.3) is 11.8 Å². The zero-order valence-electron chi connectivity index (χ0n) is 17.2. The number of nitrogens with one attached hydrogen (secondary N) is 2. The molecular weight excluding hydrogens is 354 g/mol. The van der Waals surface area contributed by atoms with Crippen LogP contribution in [0.4, 0.5) is 5.69 Å². The minimum atomic E-state index is -0.0687. The van der Waals surface area contributed by atoms with Crippen LogP contribution in [0.5, 0.6) is 5.75 Å². The lowest BCUT2D eigenvalue weighted by Gasteiger charge is -2.41. The van der Waals surface area contributed by atoms with Crippen LogP contribution in [0.3, 0.4) is 0 Å². The van der Waals surface area contributed by atoms with Crippen molar-refractivity contribution >= 4 is 17.5 Å². The van der Waals surface area contributed by atoms with E-state index in [0.717, 1.165) is 48.3 Å². The molecule has 6 heteroatoms. The third-order valence-electron chi connectivity index (χ3n) is 6.33. The molecule has 2 fully saturated rings. The number of nitrogens with zero attached hydrogens (tertiary/aromatic N) is 1. The number of carbonyl (C=O) groups excluding carboxylic acids is 2. The summed E-state index contributed by atoms with van der Waals surface area (Å²) in [6, 6.07) is 7.28. The Hall–Kier alpha value is -2.08. The van der Waals surface area contributed by atoms with Crippen LogP contribution in [-0.4, -0.2) is 56.5 Å². The number of carbonyl (C=O) groups is 2. The van der Waals surface area contributed by atoms with E-state index >= 15 is 0 Å². The molecule has 1 saturated heterocycles. The van der Waals surface area contributed by atoms with E-state index in [4.69, 9.17) is 4.74 Å². The number of quaternary nitrogens is 1. The van der Waals surface area contributed by atoms with Crippen LogP contribution in [0.1, 0.15) is 39.0 Å². The minimum Gasteiger partial charge on any atom is -0.497 e. The Kier molecular flexibility index (Phi) is 7.31. The molecule has 154 valence electrons. The second kappa shape index (κ2) is 9.92. The van der Waals surface area contributed by atoms with Crippen molar-refractivity contribution in [2.75, 3.05) is 45.2 Å². The number of likely N-dealkylation sites (N-methyl/N-ethyl adjacent to an activating group) is 1. The molecule has 3 rings (SSSR count). The van der Waals surface area contributed by atoms with E-state index in [0.29, 0.717) is 19.0 Å². The Morgan fingerprint density at radius 1 is 1.11 bits per heavy atom. The van der Waals surface area contributed by atoms with E-state index in [1.165, 1.54) is 25.7 Å². The van der Waals surface area contributed by atoms with Crippen molar-refractivity contribution < 1.29 is 19.2 Å². The second-order valence-electron chi connectivity index (χ2n) is 8.17. The van der Waals surface area contributed by atoms with Crippen molar-refractivity contribution in [3.63, 3.8) is 0 Å². The van der Waals surface area contributed by atoms with E-state index in [-0.39, 0.29) is 11.8 Å². The quantitative estimate of drug-likeness (QED) is 0.745. The molecular formula is C22H34N3O3+. The molecule has 3 atom stereocenters. The molecule has 1 aliphatic carbocycles. The van der Waals surface area contributed by atoms with E-state index in [1.54, 1.807) is 7.11 Å². The first-order valence-corrected chi connectivity index (χ1v) is 10.6. The summed E-state index contributed by atoms with van der Waals surface area (Å²) in [6.07, 6.45) is 6.41. The van der Waals surface area contributed by atoms with Crippen molar-refractivity contribution in [3.05, 3.63) is 24.3 Å². The van der Waals surface area contributed by atoms with Crippen LogP contribution in [0, 0.1) is 11.8 Å². The monoisotopic (exact) mass is 388 g/mol. The molecule has 28 heavy (non-hydrogen) atoms. The standard InChI is InChI=1S/C22H33N3O3/c1-3-24(15-21(26)23-19-8-10-20(28-2)11-9-19)16-22(27)25-13-12-17-6-4-5-7-18(17)14-25/h8-11,17-18H,3-7,12-16H2,1-2H3,(H,23,26)/p+1/t17-,18+/m0/s1. The van der Waals surface area contributed by atoms with Gasteiger partial charge in [-0.2, -0.15) is 0 Å². The van der Waals surface area contributed by atoms with Gasteiger partial charge in [0.05, 0.1) is 13.7 Å². The molecule has 1 aromatic carbocycles. The van der Waals surface area contributed by atoms with E-state index in [1.807, 2.05) is 36.1 Å². The topological polar surface area (TPSA) is 63.1 Å². The van der Waals surface area contributed by atoms with Crippen molar-refractivity contribution in [2.24, 2.45) is 11.8 Å². The van der Waals surface area contributed by atoms with Crippen LogP contribution >= 0.6 is 0 Å². The summed E-state index contributed by atoms with van der Waals surface area (Å²) in [4.78, 5) is 28.3. The number of fused-ring (bicyclic) bond motifs is 1. The van der Waals surface area contributed by atoms with Gasteiger partial charge in [-0.1, -0.05) is 19.3 Å². The van der Waals surface area contributed by atoms with Crippen LogP contribution < -0.4 is 15.0 Å². The van der Waals surface area contributed by atoms with E-state index in [2.05, 4.69) is 5.32 Å². The third kappa shape index (κ3) is 5.47. The lowest BCUT2D eigenvalue weighted by atomic mass is 9.75. The Bertz CT molecular complexity index is 661. The first kappa shape index (κ1) is 20.6. The van der Waals surface area contributed by atoms with Gasteiger partial charge in [0.2, 0.25) is 0 Å². The fourth-order valence-corrected chi connectivity index (χ4v) is 4.57. The number of amides is 2. The number of piperidine rings is 1. The number of rotatable bonds is 7. The maximum Gasteiger partial charge on any atom is 0.279 e. The van der Waals surface area contributed by atoms with E-state index in [9.17, 15) is 9.59 Å². The first-order valence-electron chi connectivity index (χ1n) is 10.6. The summed E-state index contributed by atoms with van der Waals surface area (Å²) < 4.78 is 5.13. The molecule has 0 bridgehead atoms. The van der Waals surface area contributed by atoms with Crippen LogP contribution in [0.25, 0.3) is 0 Å². The predicted molar refractivity (Wildman–Crippen MR) is 110 cm³/mol. The average Bonchev–Trinajstić information content (AvgIpc) is 2.73.